The molecule has 0 radical (unpaired) electrons. The van der Waals surface area contributed by atoms with E-state index in [-0.39, 0.29) is 11.5 Å². The smallest absolute Gasteiger partial charge is 0.355 e. The Bertz CT molecular complexity index is 432. The van der Waals surface area contributed by atoms with Gasteiger partial charge in [-0.25, -0.2) is 0 Å². The Balaban J connectivity index is 2.67. The minimum atomic E-state index is -4.36. The van der Waals surface area contributed by atoms with Gasteiger partial charge in [-0.1, -0.05) is 18.2 Å². The van der Waals surface area contributed by atoms with Crippen LogP contribution < -0.4 is 10.6 Å². The van der Waals surface area contributed by atoms with Crippen LogP contribution in [0.2, 0.25) is 0 Å². The summed E-state index contributed by atoms with van der Waals surface area (Å²) < 4.78 is 38.5. The maximum atomic E-state index is 12.8. The maximum absolute atomic E-state index is 12.8. The molecule has 1 aromatic carbocycles. The fourth-order valence-electron chi connectivity index (χ4n) is 1.77. The molecule has 0 aliphatic heterocycles. The van der Waals surface area contributed by atoms with E-state index in [1.165, 1.54) is 19.1 Å². The summed E-state index contributed by atoms with van der Waals surface area (Å²) in [5, 5.41) is 5.53. The molecular weight excluding hydrogens is 257 g/mol. The fraction of sp³-hybridized carbons (Fsp3) is 0.462. The van der Waals surface area contributed by atoms with Crippen molar-refractivity contribution in [3.8, 4) is 0 Å². The highest BCUT2D eigenvalue weighted by Crippen LogP contribution is 2.34. The van der Waals surface area contributed by atoms with E-state index >= 15 is 0 Å². The Morgan fingerprint density at radius 2 is 1.89 bits per heavy atom. The molecule has 0 aliphatic rings. The third-order valence-electron chi connectivity index (χ3n) is 2.68. The number of alkyl halides is 3. The first kappa shape index (κ1) is 15.5. The van der Waals surface area contributed by atoms with Crippen LogP contribution in [-0.4, -0.2) is 19.0 Å². The van der Waals surface area contributed by atoms with Crippen molar-refractivity contribution in [3.05, 3.63) is 35.4 Å². The Hall–Kier alpha value is -1.56. The summed E-state index contributed by atoms with van der Waals surface area (Å²) in [5.41, 5.74) is -0.424. The number of carbonyl (C=O) groups is 1. The molecule has 1 atom stereocenters. The Morgan fingerprint density at radius 1 is 1.26 bits per heavy atom. The molecule has 0 spiro atoms. The molecule has 0 aliphatic carbocycles. The van der Waals surface area contributed by atoms with Crippen molar-refractivity contribution >= 4 is 5.91 Å². The Kier molecular flexibility index (Phi) is 5.35. The van der Waals surface area contributed by atoms with Gasteiger partial charge in [0.1, 0.15) is 0 Å². The van der Waals surface area contributed by atoms with Gasteiger partial charge in [0.2, 0.25) is 5.91 Å². The second-order valence-corrected chi connectivity index (χ2v) is 4.24. The lowest BCUT2D eigenvalue weighted by Gasteiger charge is -2.19. The van der Waals surface area contributed by atoms with Crippen LogP contribution in [0.25, 0.3) is 0 Å². The normalized spacial score (nSPS) is 13.1. The standard InChI is InChI=1S/C13H17F3N2O/c1-9(17-7-8-18-10(2)19)11-5-3-4-6-12(11)13(14,15)16/h3-6,9,17H,7-8H2,1-2H3,(H,18,19). The summed E-state index contributed by atoms with van der Waals surface area (Å²) in [4.78, 5) is 10.7. The highest BCUT2D eigenvalue weighted by atomic mass is 19.4. The summed E-state index contributed by atoms with van der Waals surface area (Å²) in [7, 11) is 0. The number of halogens is 3. The summed E-state index contributed by atoms with van der Waals surface area (Å²) in [5.74, 6) is -0.162. The second kappa shape index (κ2) is 6.56. The highest BCUT2D eigenvalue weighted by molar-refractivity contribution is 5.72. The minimum absolute atomic E-state index is 0.162. The van der Waals surface area contributed by atoms with Crippen LogP contribution in [0, 0.1) is 0 Å². The third kappa shape index (κ3) is 4.90. The van der Waals surface area contributed by atoms with E-state index in [1.807, 2.05) is 0 Å². The maximum Gasteiger partial charge on any atom is 0.416 e. The topological polar surface area (TPSA) is 41.1 Å². The predicted molar refractivity (Wildman–Crippen MR) is 66.5 cm³/mol. The summed E-state index contributed by atoms with van der Waals surface area (Å²) in [6.07, 6.45) is -4.36. The van der Waals surface area contributed by atoms with Gasteiger partial charge < -0.3 is 10.6 Å². The van der Waals surface area contributed by atoms with E-state index in [0.717, 1.165) is 6.07 Å². The van der Waals surface area contributed by atoms with Gasteiger partial charge >= 0.3 is 6.18 Å². The average Bonchev–Trinajstić information content (AvgIpc) is 2.33. The van der Waals surface area contributed by atoms with Crippen molar-refractivity contribution in [2.24, 2.45) is 0 Å². The van der Waals surface area contributed by atoms with Crippen molar-refractivity contribution in [2.45, 2.75) is 26.1 Å². The van der Waals surface area contributed by atoms with Crippen LogP contribution in [0.3, 0.4) is 0 Å². The fourth-order valence-corrected chi connectivity index (χ4v) is 1.77. The average molecular weight is 274 g/mol. The highest BCUT2D eigenvalue weighted by Gasteiger charge is 2.33. The van der Waals surface area contributed by atoms with Crippen LogP contribution >= 0.6 is 0 Å². The van der Waals surface area contributed by atoms with Crippen molar-refractivity contribution in [1.29, 1.82) is 0 Å². The van der Waals surface area contributed by atoms with E-state index in [4.69, 9.17) is 0 Å². The van der Waals surface area contributed by atoms with E-state index in [1.54, 1.807) is 13.0 Å². The zero-order valence-corrected chi connectivity index (χ0v) is 10.8. The van der Waals surface area contributed by atoms with Crippen LogP contribution in [0.1, 0.15) is 31.0 Å². The molecule has 1 aromatic rings. The second-order valence-electron chi connectivity index (χ2n) is 4.24. The molecule has 0 saturated carbocycles. The SMILES string of the molecule is CC(=O)NCCNC(C)c1ccccc1C(F)(F)F. The van der Waals surface area contributed by atoms with Gasteiger partial charge in [-0.05, 0) is 18.6 Å². The van der Waals surface area contributed by atoms with E-state index in [0.29, 0.717) is 13.1 Å². The van der Waals surface area contributed by atoms with Crippen molar-refractivity contribution in [2.75, 3.05) is 13.1 Å². The van der Waals surface area contributed by atoms with Gasteiger partial charge in [0.15, 0.2) is 0 Å². The van der Waals surface area contributed by atoms with E-state index in [9.17, 15) is 18.0 Å². The lowest BCUT2D eigenvalue weighted by atomic mass is 10.0. The van der Waals surface area contributed by atoms with Crippen LogP contribution in [0.15, 0.2) is 24.3 Å². The first-order valence-corrected chi connectivity index (χ1v) is 5.96. The van der Waals surface area contributed by atoms with Crippen LogP contribution in [0.5, 0.6) is 0 Å². The lowest BCUT2D eigenvalue weighted by Crippen LogP contribution is -2.32. The molecule has 2 N–H and O–H groups in total. The molecule has 0 saturated heterocycles. The number of rotatable bonds is 5. The molecular formula is C13H17F3N2O. The Labute approximate surface area is 110 Å². The number of hydrogen-bond donors (Lipinski definition) is 2. The van der Waals surface area contributed by atoms with Crippen LogP contribution in [0.4, 0.5) is 13.2 Å². The number of carbonyl (C=O) groups excluding carboxylic acids is 1. The first-order chi connectivity index (χ1) is 8.82. The van der Waals surface area contributed by atoms with Crippen molar-refractivity contribution in [3.63, 3.8) is 0 Å². The van der Waals surface area contributed by atoms with Gasteiger partial charge in [-0.2, -0.15) is 13.2 Å². The molecule has 1 amide bonds. The first-order valence-electron chi connectivity index (χ1n) is 5.96. The number of hydrogen-bond acceptors (Lipinski definition) is 2. The molecule has 0 bridgehead atoms. The van der Waals surface area contributed by atoms with Crippen molar-refractivity contribution < 1.29 is 18.0 Å². The molecule has 0 heterocycles. The van der Waals surface area contributed by atoms with Gasteiger partial charge in [0.05, 0.1) is 5.56 Å². The number of amides is 1. The van der Waals surface area contributed by atoms with Gasteiger partial charge in [0.25, 0.3) is 0 Å². The monoisotopic (exact) mass is 274 g/mol. The molecule has 3 nitrogen and oxygen atoms in total. The summed E-state index contributed by atoms with van der Waals surface area (Å²) in [6, 6.07) is 5.04. The predicted octanol–water partition coefficient (Wildman–Crippen LogP) is 2.49. The number of nitrogens with one attached hydrogen (secondary N) is 2. The Morgan fingerprint density at radius 3 is 2.47 bits per heavy atom. The van der Waals surface area contributed by atoms with Crippen LogP contribution in [-0.2, 0) is 11.0 Å². The quantitative estimate of drug-likeness (QED) is 0.810. The molecule has 1 rings (SSSR count). The summed E-state index contributed by atoms with van der Waals surface area (Å²) in [6.45, 7) is 3.85. The summed E-state index contributed by atoms with van der Waals surface area (Å²) >= 11 is 0. The van der Waals surface area contributed by atoms with Crippen molar-refractivity contribution in [1.82, 2.24) is 10.6 Å². The van der Waals surface area contributed by atoms with Gasteiger partial charge in [-0.3, -0.25) is 4.79 Å². The largest absolute Gasteiger partial charge is 0.416 e. The van der Waals surface area contributed by atoms with Gasteiger partial charge in [0, 0.05) is 26.1 Å². The lowest BCUT2D eigenvalue weighted by molar-refractivity contribution is -0.138. The molecule has 19 heavy (non-hydrogen) atoms. The minimum Gasteiger partial charge on any atom is -0.355 e. The third-order valence-corrected chi connectivity index (χ3v) is 2.68. The van der Waals surface area contributed by atoms with E-state index in [2.05, 4.69) is 10.6 Å². The van der Waals surface area contributed by atoms with Gasteiger partial charge in [-0.15, -0.1) is 0 Å². The number of benzene rings is 1. The molecule has 0 fully saturated rings. The molecule has 0 aromatic heterocycles. The molecule has 106 valence electrons. The zero-order valence-electron chi connectivity index (χ0n) is 10.8. The zero-order chi connectivity index (χ0) is 14.5. The molecule has 1 unspecified atom stereocenters. The molecule has 6 heteroatoms. The van der Waals surface area contributed by atoms with E-state index < -0.39 is 17.8 Å².